The van der Waals surface area contributed by atoms with Gasteiger partial charge in [0.1, 0.15) is 5.54 Å². The fraction of sp³-hybridized carbons (Fsp3) is 0.917. The maximum Gasteiger partial charge on any atom is 0.325 e. The number of rotatable bonds is 6. The largest absolute Gasteiger partial charge is 0.468 e. The number of esters is 1. The highest BCUT2D eigenvalue weighted by Crippen LogP contribution is 2.25. The Morgan fingerprint density at radius 2 is 1.88 bits per heavy atom. The van der Waals surface area contributed by atoms with Crippen LogP contribution < -0.4 is 5.32 Å². The molecule has 4 heteroatoms. The third-order valence-corrected chi connectivity index (χ3v) is 3.90. The Labute approximate surface area is 104 Å². The standard InChI is InChI=1S/C12H25NO2S/c1-11(2,3)16-9-7-8-12(4,13-5)10(14)15-6/h13H,7-9H2,1-6H3. The lowest BCUT2D eigenvalue weighted by Crippen LogP contribution is -2.48. The quantitative estimate of drug-likeness (QED) is 0.578. The molecule has 0 saturated heterocycles. The summed E-state index contributed by atoms with van der Waals surface area (Å²) >= 11 is 1.92. The Hall–Kier alpha value is -0.220. The second kappa shape index (κ2) is 6.50. The van der Waals surface area contributed by atoms with E-state index in [4.69, 9.17) is 4.74 Å². The molecule has 0 fully saturated rings. The molecular weight excluding hydrogens is 222 g/mol. The van der Waals surface area contributed by atoms with Gasteiger partial charge in [0.15, 0.2) is 0 Å². The van der Waals surface area contributed by atoms with E-state index >= 15 is 0 Å². The van der Waals surface area contributed by atoms with E-state index in [2.05, 4.69) is 26.1 Å². The molecular formula is C12H25NO2S. The topological polar surface area (TPSA) is 38.3 Å². The van der Waals surface area contributed by atoms with E-state index in [1.54, 1.807) is 7.05 Å². The number of methoxy groups -OCH3 is 1. The SMILES string of the molecule is CNC(C)(CCCSC(C)(C)C)C(=O)OC. The van der Waals surface area contributed by atoms with Gasteiger partial charge in [-0.3, -0.25) is 4.79 Å². The lowest BCUT2D eigenvalue weighted by molar-refractivity contribution is -0.148. The second-order valence-corrected chi connectivity index (χ2v) is 7.06. The molecule has 0 spiro atoms. The minimum atomic E-state index is -0.548. The van der Waals surface area contributed by atoms with Crippen molar-refractivity contribution in [1.82, 2.24) is 5.32 Å². The molecule has 1 unspecified atom stereocenters. The second-order valence-electron chi connectivity index (χ2n) is 5.14. The van der Waals surface area contributed by atoms with Gasteiger partial charge < -0.3 is 10.1 Å². The summed E-state index contributed by atoms with van der Waals surface area (Å²) in [6.45, 7) is 8.50. The van der Waals surface area contributed by atoms with Gasteiger partial charge in [0, 0.05) is 4.75 Å². The van der Waals surface area contributed by atoms with Crippen molar-refractivity contribution >= 4 is 17.7 Å². The Morgan fingerprint density at radius 1 is 1.31 bits per heavy atom. The van der Waals surface area contributed by atoms with E-state index in [0.717, 1.165) is 18.6 Å². The highest BCUT2D eigenvalue weighted by molar-refractivity contribution is 8.00. The van der Waals surface area contributed by atoms with Crippen LogP contribution in [0.15, 0.2) is 0 Å². The molecule has 0 heterocycles. The predicted octanol–water partition coefficient (Wildman–Crippen LogP) is 2.45. The zero-order valence-corrected chi connectivity index (χ0v) is 12.2. The number of ether oxygens (including phenoxy) is 1. The van der Waals surface area contributed by atoms with Gasteiger partial charge in [-0.05, 0) is 32.6 Å². The highest BCUT2D eigenvalue weighted by Gasteiger charge is 2.31. The first-order valence-corrected chi connectivity index (χ1v) is 6.65. The number of nitrogens with one attached hydrogen (secondary N) is 1. The van der Waals surface area contributed by atoms with E-state index < -0.39 is 5.54 Å². The molecule has 16 heavy (non-hydrogen) atoms. The van der Waals surface area contributed by atoms with Crippen LogP contribution in [0.5, 0.6) is 0 Å². The van der Waals surface area contributed by atoms with E-state index in [0.29, 0.717) is 4.75 Å². The van der Waals surface area contributed by atoms with Crippen molar-refractivity contribution in [3.63, 3.8) is 0 Å². The van der Waals surface area contributed by atoms with Gasteiger partial charge >= 0.3 is 5.97 Å². The van der Waals surface area contributed by atoms with Crippen molar-refractivity contribution in [3.8, 4) is 0 Å². The molecule has 0 radical (unpaired) electrons. The lowest BCUT2D eigenvalue weighted by Gasteiger charge is -2.26. The summed E-state index contributed by atoms with van der Waals surface area (Å²) in [4.78, 5) is 11.6. The van der Waals surface area contributed by atoms with Gasteiger partial charge in [0.05, 0.1) is 7.11 Å². The van der Waals surface area contributed by atoms with Crippen LogP contribution in [0.4, 0.5) is 0 Å². The van der Waals surface area contributed by atoms with Gasteiger partial charge in [-0.25, -0.2) is 0 Å². The summed E-state index contributed by atoms with van der Waals surface area (Å²) in [6.07, 6.45) is 1.81. The molecule has 0 aromatic carbocycles. The van der Waals surface area contributed by atoms with E-state index in [9.17, 15) is 4.79 Å². The van der Waals surface area contributed by atoms with Crippen molar-refractivity contribution < 1.29 is 9.53 Å². The molecule has 0 aliphatic rings. The van der Waals surface area contributed by atoms with Crippen molar-refractivity contribution in [3.05, 3.63) is 0 Å². The fourth-order valence-electron chi connectivity index (χ4n) is 1.36. The molecule has 0 aliphatic carbocycles. The van der Waals surface area contributed by atoms with Crippen LogP contribution in [0.1, 0.15) is 40.5 Å². The normalized spacial score (nSPS) is 15.6. The third kappa shape index (κ3) is 5.75. The smallest absolute Gasteiger partial charge is 0.325 e. The Bertz CT molecular complexity index is 226. The molecule has 1 atom stereocenters. The van der Waals surface area contributed by atoms with Gasteiger partial charge in [0.2, 0.25) is 0 Å². The summed E-state index contributed by atoms with van der Waals surface area (Å²) in [5, 5.41) is 3.04. The third-order valence-electron chi connectivity index (χ3n) is 2.54. The van der Waals surface area contributed by atoms with Crippen LogP contribution in [0, 0.1) is 0 Å². The van der Waals surface area contributed by atoms with Gasteiger partial charge in [-0.1, -0.05) is 20.8 Å². The van der Waals surface area contributed by atoms with E-state index in [-0.39, 0.29) is 5.97 Å². The number of carbonyl (C=O) groups excluding carboxylic acids is 1. The molecule has 0 aromatic heterocycles. The number of carbonyl (C=O) groups is 1. The Kier molecular flexibility index (Phi) is 6.41. The predicted molar refractivity (Wildman–Crippen MR) is 70.9 cm³/mol. The number of likely N-dealkylation sites (N-methyl/N-ethyl adjacent to an activating group) is 1. The van der Waals surface area contributed by atoms with Crippen LogP contribution in [0.3, 0.4) is 0 Å². The summed E-state index contributed by atoms with van der Waals surface area (Å²) in [6, 6.07) is 0. The van der Waals surface area contributed by atoms with Crippen molar-refractivity contribution in [2.24, 2.45) is 0 Å². The van der Waals surface area contributed by atoms with E-state index in [1.165, 1.54) is 7.11 Å². The zero-order chi connectivity index (χ0) is 12.8. The molecule has 1 N–H and O–H groups in total. The number of hydrogen-bond donors (Lipinski definition) is 1. The maximum atomic E-state index is 11.6. The molecule has 0 rings (SSSR count). The van der Waals surface area contributed by atoms with Crippen molar-refractivity contribution in [1.29, 1.82) is 0 Å². The monoisotopic (exact) mass is 247 g/mol. The molecule has 0 bridgehead atoms. The lowest BCUT2D eigenvalue weighted by atomic mass is 9.97. The van der Waals surface area contributed by atoms with Crippen LogP contribution in [0.25, 0.3) is 0 Å². The molecule has 96 valence electrons. The van der Waals surface area contributed by atoms with Gasteiger partial charge in [0.25, 0.3) is 0 Å². The summed E-state index contributed by atoms with van der Waals surface area (Å²) in [7, 11) is 3.23. The zero-order valence-electron chi connectivity index (χ0n) is 11.3. The molecule has 0 aromatic rings. The van der Waals surface area contributed by atoms with Crippen molar-refractivity contribution in [2.75, 3.05) is 19.9 Å². The van der Waals surface area contributed by atoms with Crippen LogP contribution >= 0.6 is 11.8 Å². The average molecular weight is 247 g/mol. The first-order chi connectivity index (χ1) is 7.25. The molecule has 0 aliphatic heterocycles. The van der Waals surface area contributed by atoms with Gasteiger partial charge in [-0.15, -0.1) is 0 Å². The minimum Gasteiger partial charge on any atom is -0.468 e. The van der Waals surface area contributed by atoms with Crippen LogP contribution in [-0.4, -0.2) is 36.2 Å². The van der Waals surface area contributed by atoms with Crippen LogP contribution in [-0.2, 0) is 9.53 Å². The first kappa shape index (κ1) is 15.8. The van der Waals surface area contributed by atoms with Crippen LogP contribution in [0.2, 0.25) is 0 Å². The molecule has 3 nitrogen and oxygen atoms in total. The van der Waals surface area contributed by atoms with Gasteiger partial charge in [-0.2, -0.15) is 11.8 Å². The number of thioether (sulfide) groups is 1. The Balaban J connectivity index is 4.02. The van der Waals surface area contributed by atoms with Crippen molar-refractivity contribution in [2.45, 2.75) is 50.8 Å². The average Bonchev–Trinajstić information content (AvgIpc) is 2.21. The summed E-state index contributed by atoms with van der Waals surface area (Å²) in [5.74, 6) is 0.883. The Morgan fingerprint density at radius 3 is 2.25 bits per heavy atom. The first-order valence-electron chi connectivity index (χ1n) is 5.66. The summed E-state index contributed by atoms with van der Waals surface area (Å²) < 4.78 is 5.09. The highest BCUT2D eigenvalue weighted by atomic mass is 32.2. The molecule has 0 amide bonds. The summed E-state index contributed by atoms with van der Waals surface area (Å²) in [5.41, 5.74) is -0.548. The fourth-order valence-corrected chi connectivity index (χ4v) is 2.26. The minimum absolute atomic E-state index is 0.184. The maximum absolute atomic E-state index is 11.6. The molecule has 0 saturated carbocycles. The van der Waals surface area contributed by atoms with E-state index in [1.807, 2.05) is 18.7 Å². The number of hydrogen-bond acceptors (Lipinski definition) is 4.